The number of β-amino-alcohol motifs (C(OH)–C–C–N with tert-alkyl or cyclic N) is 1. The van der Waals surface area contributed by atoms with E-state index in [1.54, 1.807) is 7.11 Å². The van der Waals surface area contributed by atoms with E-state index >= 15 is 0 Å². The van der Waals surface area contributed by atoms with Crippen LogP contribution < -0.4 is 10.1 Å². The number of anilines is 1. The van der Waals surface area contributed by atoms with Crippen molar-refractivity contribution in [1.29, 1.82) is 0 Å². The zero-order chi connectivity index (χ0) is 21.6. The summed E-state index contributed by atoms with van der Waals surface area (Å²) in [6, 6.07) is 15.7. The Balaban J connectivity index is 1.18. The number of benzene rings is 2. The standard InChI is InChI=1S/C23H28N4O3S/c1-30-19-8-6-17(7-9-19)14-18(28)15-26-10-12-27(13-11-26)16-22(29)25-23-24-20-4-2-3-5-21(20)31-23/h2-9,18,28H,10-16H2,1H3,(H,24,25,29). The number of amides is 1. The summed E-state index contributed by atoms with van der Waals surface area (Å²) < 4.78 is 6.24. The van der Waals surface area contributed by atoms with Gasteiger partial charge in [-0.05, 0) is 36.2 Å². The van der Waals surface area contributed by atoms with E-state index in [1.807, 2.05) is 48.5 Å². The molecule has 2 heterocycles. The molecule has 0 radical (unpaired) electrons. The van der Waals surface area contributed by atoms with Crippen molar-refractivity contribution in [1.82, 2.24) is 14.8 Å². The molecule has 1 aliphatic rings. The van der Waals surface area contributed by atoms with Crippen molar-refractivity contribution < 1.29 is 14.6 Å². The van der Waals surface area contributed by atoms with Crippen LogP contribution in [-0.2, 0) is 11.2 Å². The van der Waals surface area contributed by atoms with Crippen molar-refractivity contribution in [2.45, 2.75) is 12.5 Å². The summed E-state index contributed by atoms with van der Waals surface area (Å²) in [6.45, 7) is 4.29. The van der Waals surface area contributed by atoms with Gasteiger partial charge in [-0.25, -0.2) is 4.98 Å². The van der Waals surface area contributed by atoms with Crippen molar-refractivity contribution in [2.75, 3.05) is 51.7 Å². The van der Waals surface area contributed by atoms with E-state index in [9.17, 15) is 9.90 Å². The molecule has 7 nitrogen and oxygen atoms in total. The van der Waals surface area contributed by atoms with Crippen LogP contribution in [0.3, 0.4) is 0 Å². The van der Waals surface area contributed by atoms with E-state index in [0.29, 0.717) is 24.6 Å². The number of aliphatic hydroxyl groups is 1. The molecule has 164 valence electrons. The number of aliphatic hydroxyl groups excluding tert-OH is 1. The summed E-state index contributed by atoms with van der Waals surface area (Å²) in [5.74, 6) is 0.786. The first-order chi connectivity index (χ1) is 15.1. The number of thiazole rings is 1. The van der Waals surface area contributed by atoms with Gasteiger partial charge in [0, 0.05) is 32.7 Å². The zero-order valence-electron chi connectivity index (χ0n) is 17.7. The summed E-state index contributed by atoms with van der Waals surface area (Å²) in [4.78, 5) is 21.3. The molecule has 8 heteroatoms. The second-order valence-corrected chi connectivity index (χ2v) is 8.85. The number of nitrogens with one attached hydrogen (secondary N) is 1. The fourth-order valence-corrected chi connectivity index (χ4v) is 4.70. The Morgan fingerprint density at radius 1 is 1.13 bits per heavy atom. The minimum Gasteiger partial charge on any atom is -0.497 e. The van der Waals surface area contributed by atoms with Crippen LogP contribution in [0, 0.1) is 0 Å². The van der Waals surface area contributed by atoms with E-state index in [2.05, 4.69) is 20.1 Å². The van der Waals surface area contributed by atoms with Crippen LogP contribution in [0.15, 0.2) is 48.5 Å². The summed E-state index contributed by atoms with van der Waals surface area (Å²) in [6.07, 6.45) is 0.205. The lowest BCUT2D eigenvalue weighted by atomic mass is 10.1. The highest BCUT2D eigenvalue weighted by atomic mass is 32.1. The maximum Gasteiger partial charge on any atom is 0.240 e. The Morgan fingerprint density at radius 3 is 2.55 bits per heavy atom. The molecule has 1 amide bonds. The molecule has 1 atom stereocenters. The monoisotopic (exact) mass is 440 g/mol. The number of ether oxygens (including phenoxy) is 1. The van der Waals surface area contributed by atoms with Gasteiger partial charge < -0.3 is 15.2 Å². The zero-order valence-corrected chi connectivity index (χ0v) is 18.5. The SMILES string of the molecule is COc1ccc(CC(O)CN2CCN(CC(=O)Nc3nc4ccccc4s3)CC2)cc1. The molecule has 0 bridgehead atoms. The number of methoxy groups -OCH3 is 1. The minimum atomic E-state index is -0.415. The summed E-state index contributed by atoms with van der Waals surface area (Å²) in [5, 5.41) is 14.0. The number of carbonyl (C=O) groups excluding carboxylic acids is 1. The smallest absolute Gasteiger partial charge is 0.240 e. The maximum absolute atomic E-state index is 12.4. The first-order valence-corrected chi connectivity index (χ1v) is 11.3. The van der Waals surface area contributed by atoms with Crippen LogP contribution in [0.5, 0.6) is 5.75 Å². The summed E-state index contributed by atoms with van der Waals surface area (Å²) in [7, 11) is 1.65. The van der Waals surface area contributed by atoms with E-state index < -0.39 is 6.10 Å². The number of nitrogens with zero attached hydrogens (tertiary/aromatic N) is 3. The molecule has 0 spiro atoms. The van der Waals surface area contributed by atoms with Crippen molar-refractivity contribution in [3.8, 4) is 5.75 Å². The lowest BCUT2D eigenvalue weighted by Crippen LogP contribution is -2.50. The molecule has 1 fully saturated rings. The Labute approximate surface area is 186 Å². The topological polar surface area (TPSA) is 77.9 Å². The Kier molecular flexibility index (Phi) is 7.14. The molecule has 1 aromatic heterocycles. The van der Waals surface area contributed by atoms with Gasteiger partial charge in [0.05, 0.1) is 30.0 Å². The van der Waals surface area contributed by atoms with Gasteiger partial charge in [0.15, 0.2) is 5.13 Å². The van der Waals surface area contributed by atoms with Crippen molar-refractivity contribution in [2.24, 2.45) is 0 Å². The molecule has 2 aromatic carbocycles. The van der Waals surface area contributed by atoms with Gasteiger partial charge >= 0.3 is 0 Å². The minimum absolute atomic E-state index is 0.0351. The van der Waals surface area contributed by atoms with Gasteiger partial charge in [0.2, 0.25) is 5.91 Å². The largest absolute Gasteiger partial charge is 0.497 e. The normalized spacial score (nSPS) is 16.3. The third-order valence-corrected chi connectivity index (χ3v) is 6.42. The molecular weight excluding hydrogens is 412 g/mol. The maximum atomic E-state index is 12.4. The number of rotatable bonds is 8. The fourth-order valence-electron chi connectivity index (χ4n) is 3.81. The van der Waals surface area contributed by atoms with Gasteiger partial charge in [-0.1, -0.05) is 35.6 Å². The van der Waals surface area contributed by atoms with Gasteiger partial charge in [-0.2, -0.15) is 0 Å². The second kappa shape index (κ2) is 10.2. The fraction of sp³-hybridized carbons (Fsp3) is 0.391. The first-order valence-electron chi connectivity index (χ1n) is 10.5. The molecule has 1 aliphatic heterocycles. The highest BCUT2D eigenvalue weighted by Crippen LogP contribution is 2.25. The molecule has 3 aromatic rings. The summed E-state index contributed by atoms with van der Waals surface area (Å²) in [5.41, 5.74) is 2.00. The summed E-state index contributed by atoms with van der Waals surface area (Å²) >= 11 is 1.49. The molecule has 1 unspecified atom stereocenters. The van der Waals surface area contributed by atoms with E-state index in [0.717, 1.165) is 47.7 Å². The second-order valence-electron chi connectivity index (χ2n) is 7.82. The van der Waals surface area contributed by atoms with Gasteiger partial charge in [0.25, 0.3) is 0 Å². The van der Waals surface area contributed by atoms with E-state index in [1.165, 1.54) is 11.3 Å². The Morgan fingerprint density at radius 2 is 1.84 bits per heavy atom. The van der Waals surface area contributed by atoms with Crippen molar-refractivity contribution in [3.05, 3.63) is 54.1 Å². The predicted molar refractivity (Wildman–Crippen MR) is 124 cm³/mol. The Bertz CT molecular complexity index is 966. The lowest BCUT2D eigenvalue weighted by molar-refractivity contribution is -0.117. The first kappa shape index (κ1) is 21.7. The quantitative estimate of drug-likeness (QED) is 0.560. The third kappa shape index (κ3) is 6.01. The number of hydrogen-bond donors (Lipinski definition) is 2. The molecular formula is C23H28N4O3S. The van der Waals surface area contributed by atoms with Crippen molar-refractivity contribution >= 4 is 32.6 Å². The highest BCUT2D eigenvalue weighted by Gasteiger charge is 2.21. The number of para-hydroxylation sites is 1. The van der Waals surface area contributed by atoms with Gasteiger partial charge in [0.1, 0.15) is 5.75 Å². The molecule has 4 rings (SSSR count). The highest BCUT2D eigenvalue weighted by molar-refractivity contribution is 7.22. The molecule has 2 N–H and O–H groups in total. The van der Waals surface area contributed by atoms with Crippen molar-refractivity contribution in [3.63, 3.8) is 0 Å². The van der Waals surface area contributed by atoms with Crippen LogP contribution in [0.2, 0.25) is 0 Å². The van der Waals surface area contributed by atoms with Crippen LogP contribution in [0.4, 0.5) is 5.13 Å². The molecule has 31 heavy (non-hydrogen) atoms. The number of carbonyl (C=O) groups is 1. The van der Waals surface area contributed by atoms with E-state index in [4.69, 9.17) is 4.74 Å². The lowest BCUT2D eigenvalue weighted by Gasteiger charge is -2.35. The van der Waals surface area contributed by atoms with Gasteiger partial charge in [-0.15, -0.1) is 0 Å². The molecule has 0 aliphatic carbocycles. The number of aromatic nitrogens is 1. The number of piperazine rings is 1. The van der Waals surface area contributed by atoms with Gasteiger partial charge in [-0.3, -0.25) is 14.6 Å². The molecule has 0 saturated carbocycles. The van der Waals surface area contributed by atoms with E-state index in [-0.39, 0.29) is 5.91 Å². The van der Waals surface area contributed by atoms with Crippen LogP contribution in [0.25, 0.3) is 10.2 Å². The Hall–Kier alpha value is -2.52. The van der Waals surface area contributed by atoms with Crippen LogP contribution in [-0.4, -0.2) is 78.3 Å². The third-order valence-electron chi connectivity index (χ3n) is 5.47. The number of hydrogen-bond acceptors (Lipinski definition) is 7. The number of fused-ring (bicyclic) bond motifs is 1. The van der Waals surface area contributed by atoms with Crippen LogP contribution >= 0.6 is 11.3 Å². The molecule has 1 saturated heterocycles. The average molecular weight is 441 g/mol. The average Bonchev–Trinajstić information content (AvgIpc) is 3.17. The predicted octanol–water partition coefficient (Wildman–Crippen LogP) is 2.46. The van der Waals surface area contributed by atoms with Crippen LogP contribution in [0.1, 0.15) is 5.56 Å².